The van der Waals surface area contributed by atoms with E-state index >= 15 is 0 Å². The Morgan fingerprint density at radius 2 is 2.19 bits per heavy atom. The molecule has 0 spiro atoms. The minimum absolute atomic E-state index is 0.162. The Kier molecular flexibility index (Phi) is 4.88. The first-order valence-corrected chi connectivity index (χ1v) is 4.93. The lowest BCUT2D eigenvalue weighted by Gasteiger charge is -2.13. The van der Waals surface area contributed by atoms with Crippen LogP contribution in [0.4, 0.5) is 0 Å². The molecule has 0 aliphatic rings. The zero-order valence-electron chi connectivity index (χ0n) is 9.69. The van der Waals surface area contributed by atoms with E-state index < -0.39 is 6.29 Å². The third-order valence-electron chi connectivity index (χ3n) is 2.11. The SMILES string of the molecule is COC(CNC(=O)c1ccnc(C)c1)OC. The molecule has 5 nitrogen and oxygen atoms in total. The maximum Gasteiger partial charge on any atom is 0.251 e. The van der Waals surface area contributed by atoms with E-state index in [1.165, 1.54) is 14.2 Å². The lowest BCUT2D eigenvalue weighted by molar-refractivity contribution is -0.0974. The third-order valence-corrected chi connectivity index (χ3v) is 2.11. The van der Waals surface area contributed by atoms with Crippen LogP contribution in [0.1, 0.15) is 16.1 Å². The van der Waals surface area contributed by atoms with Crippen LogP contribution in [-0.4, -0.2) is 37.9 Å². The van der Waals surface area contributed by atoms with Crippen molar-refractivity contribution in [3.05, 3.63) is 29.6 Å². The average molecular weight is 224 g/mol. The smallest absolute Gasteiger partial charge is 0.251 e. The lowest BCUT2D eigenvalue weighted by atomic mass is 10.2. The van der Waals surface area contributed by atoms with E-state index in [1.54, 1.807) is 18.3 Å². The number of carbonyl (C=O) groups is 1. The van der Waals surface area contributed by atoms with Crippen LogP contribution in [0.5, 0.6) is 0 Å². The number of amides is 1. The van der Waals surface area contributed by atoms with Crippen molar-refractivity contribution in [3.63, 3.8) is 0 Å². The monoisotopic (exact) mass is 224 g/mol. The van der Waals surface area contributed by atoms with Crippen LogP contribution >= 0.6 is 0 Å². The van der Waals surface area contributed by atoms with Crippen molar-refractivity contribution < 1.29 is 14.3 Å². The number of hydrogen-bond donors (Lipinski definition) is 1. The van der Waals surface area contributed by atoms with Gasteiger partial charge in [0.2, 0.25) is 0 Å². The molecule has 16 heavy (non-hydrogen) atoms. The molecule has 1 aromatic heterocycles. The van der Waals surface area contributed by atoms with Gasteiger partial charge in [0.1, 0.15) is 0 Å². The van der Waals surface area contributed by atoms with Gasteiger partial charge < -0.3 is 14.8 Å². The van der Waals surface area contributed by atoms with Gasteiger partial charge in [0.15, 0.2) is 6.29 Å². The molecule has 0 aliphatic heterocycles. The number of hydrogen-bond acceptors (Lipinski definition) is 4. The average Bonchev–Trinajstić information content (AvgIpc) is 2.30. The highest BCUT2D eigenvalue weighted by Crippen LogP contribution is 2.00. The van der Waals surface area contributed by atoms with Gasteiger partial charge in [0.05, 0.1) is 6.54 Å². The number of methoxy groups -OCH3 is 2. The second-order valence-electron chi connectivity index (χ2n) is 3.30. The highest BCUT2D eigenvalue weighted by atomic mass is 16.7. The fraction of sp³-hybridized carbons (Fsp3) is 0.455. The number of aryl methyl sites for hydroxylation is 1. The number of nitrogens with zero attached hydrogens (tertiary/aromatic N) is 1. The van der Waals surface area contributed by atoms with Crippen molar-refractivity contribution >= 4 is 5.91 Å². The summed E-state index contributed by atoms with van der Waals surface area (Å²) in [6.45, 7) is 2.15. The number of pyridine rings is 1. The number of carbonyl (C=O) groups excluding carboxylic acids is 1. The van der Waals surface area contributed by atoms with E-state index in [2.05, 4.69) is 10.3 Å². The van der Waals surface area contributed by atoms with Gasteiger partial charge in [-0.15, -0.1) is 0 Å². The first-order valence-electron chi connectivity index (χ1n) is 4.93. The summed E-state index contributed by atoms with van der Waals surface area (Å²) in [7, 11) is 3.05. The molecule has 0 unspecified atom stereocenters. The van der Waals surface area contributed by atoms with Gasteiger partial charge in [-0.05, 0) is 19.1 Å². The van der Waals surface area contributed by atoms with E-state index in [0.717, 1.165) is 5.69 Å². The van der Waals surface area contributed by atoms with Crippen LogP contribution in [0, 0.1) is 6.92 Å². The molecule has 1 rings (SSSR count). The first kappa shape index (κ1) is 12.6. The Hall–Kier alpha value is -1.46. The molecule has 0 aliphatic carbocycles. The van der Waals surface area contributed by atoms with Gasteiger partial charge in [0, 0.05) is 31.7 Å². The summed E-state index contributed by atoms with van der Waals surface area (Å²) in [6, 6.07) is 3.39. The normalized spacial score (nSPS) is 10.5. The molecule has 88 valence electrons. The van der Waals surface area contributed by atoms with Gasteiger partial charge in [0.25, 0.3) is 5.91 Å². The van der Waals surface area contributed by atoms with Gasteiger partial charge >= 0.3 is 0 Å². The fourth-order valence-electron chi connectivity index (χ4n) is 1.23. The second-order valence-corrected chi connectivity index (χ2v) is 3.30. The quantitative estimate of drug-likeness (QED) is 0.749. The van der Waals surface area contributed by atoms with Crippen molar-refractivity contribution in [3.8, 4) is 0 Å². The van der Waals surface area contributed by atoms with Gasteiger partial charge in [-0.2, -0.15) is 0 Å². The topological polar surface area (TPSA) is 60.5 Å². The highest BCUT2D eigenvalue weighted by Gasteiger charge is 2.09. The summed E-state index contributed by atoms with van der Waals surface area (Å²) < 4.78 is 9.92. The number of ether oxygens (including phenoxy) is 2. The van der Waals surface area contributed by atoms with Gasteiger partial charge in [-0.1, -0.05) is 0 Å². The van der Waals surface area contributed by atoms with Crippen molar-refractivity contribution in [2.45, 2.75) is 13.2 Å². The Morgan fingerprint density at radius 3 is 2.75 bits per heavy atom. The van der Waals surface area contributed by atoms with Crippen molar-refractivity contribution in [1.82, 2.24) is 10.3 Å². The zero-order chi connectivity index (χ0) is 12.0. The summed E-state index contributed by atoms with van der Waals surface area (Å²) in [5, 5.41) is 2.71. The third kappa shape index (κ3) is 3.60. The van der Waals surface area contributed by atoms with E-state index in [0.29, 0.717) is 12.1 Å². The maximum absolute atomic E-state index is 11.7. The minimum atomic E-state index is -0.424. The molecular weight excluding hydrogens is 208 g/mol. The second kappa shape index (κ2) is 6.19. The maximum atomic E-state index is 11.7. The van der Waals surface area contributed by atoms with Gasteiger partial charge in [-0.25, -0.2) is 0 Å². The summed E-state index contributed by atoms with van der Waals surface area (Å²) in [4.78, 5) is 15.7. The Labute approximate surface area is 94.8 Å². The summed E-state index contributed by atoms with van der Waals surface area (Å²) >= 11 is 0. The molecule has 0 atom stereocenters. The zero-order valence-corrected chi connectivity index (χ0v) is 9.69. The van der Waals surface area contributed by atoms with Crippen LogP contribution in [0.2, 0.25) is 0 Å². The standard InChI is InChI=1S/C11H16N2O3/c1-8-6-9(4-5-12-8)11(14)13-7-10(15-2)16-3/h4-6,10H,7H2,1-3H3,(H,13,14). The molecule has 1 amide bonds. The van der Waals surface area contributed by atoms with Crippen molar-refractivity contribution in [2.75, 3.05) is 20.8 Å². The molecule has 0 saturated heterocycles. The van der Waals surface area contributed by atoms with E-state index in [1.807, 2.05) is 6.92 Å². The summed E-state index contributed by atoms with van der Waals surface area (Å²) in [5.41, 5.74) is 1.39. The molecule has 0 fully saturated rings. The summed E-state index contributed by atoms with van der Waals surface area (Å²) in [5.74, 6) is -0.162. The Balaban J connectivity index is 2.52. The van der Waals surface area contributed by atoms with Gasteiger partial charge in [-0.3, -0.25) is 9.78 Å². The molecular formula is C11H16N2O3. The number of rotatable bonds is 5. The summed E-state index contributed by atoms with van der Waals surface area (Å²) in [6.07, 6.45) is 1.18. The van der Waals surface area contributed by atoms with E-state index in [-0.39, 0.29) is 5.91 Å². The predicted octanol–water partition coefficient (Wildman–Crippen LogP) is 0.739. The molecule has 1 N–H and O–H groups in total. The lowest BCUT2D eigenvalue weighted by Crippen LogP contribution is -2.34. The molecule has 1 heterocycles. The largest absolute Gasteiger partial charge is 0.354 e. The van der Waals surface area contributed by atoms with Crippen LogP contribution in [0.25, 0.3) is 0 Å². The Morgan fingerprint density at radius 1 is 1.50 bits per heavy atom. The molecule has 1 aromatic rings. The molecule has 0 aromatic carbocycles. The molecule has 0 radical (unpaired) electrons. The number of aromatic nitrogens is 1. The van der Waals surface area contributed by atoms with E-state index in [4.69, 9.17) is 9.47 Å². The van der Waals surface area contributed by atoms with Crippen LogP contribution in [0.3, 0.4) is 0 Å². The van der Waals surface area contributed by atoms with Crippen molar-refractivity contribution in [1.29, 1.82) is 0 Å². The number of nitrogens with one attached hydrogen (secondary N) is 1. The predicted molar refractivity (Wildman–Crippen MR) is 59.1 cm³/mol. The molecule has 5 heteroatoms. The van der Waals surface area contributed by atoms with Crippen LogP contribution in [0.15, 0.2) is 18.3 Å². The van der Waals surface area contributed by atoms with E-state index in [9.17, 15) is 4.79 Å². The van der Waals surface area contributed by atoms with Crippen LogP contribution < -0.4 is 5.32 Å². The fourth-order valence-corrected chi connectivity index (χ4v) is 1.23. The Bertz CT molecular complexity index is 351. The first-order chi connectivity index (χ1) is 7.67. The molecule has 0 bridgehead atoms. The van der Waals surface area contributed by atoms with Crippen LogP contribution in [-0.2, 0) is 9.47 Å². The highest BCUT2D eigenvalue weighted by molar-refractivity contribution is 5.94. The molecule has 0 saturated carbocycles. The van der Waals surface area contributed by atoms with Crippen molar-refractivity contribution in [2.24, 2.45) is 0 Å². The minimum Gasteiger partial charge on any atom is -0.354 e.